The molecule has 0 saturated carbocycles. The number of hydrogen-bond acceptors (Lipinski definition) is 15. The van der Waals surface area contributed by atoms with Gasteiger partial charge >= 0.3 is 35.9 Å². The summed E-state index contributed by atoms with van der Waals surface area (Å²) < 4.78 is 0. The summed E-state index contributed by atoms with van der Waals surface area (Å²) in [5.74, 6) is -5.77. The molecular weight excluding hydrogens is 987 g/mol. The van der Waals surface area contributed by atoms with Crippen molar-refractivity contribution in [3.63, 3.8) is 0 Å². The summed E-state index contributed by atoms with van der Waals surface area (Å²) >= 11 is 5.53. The molecule has 2 rings (SSSR count). The van der Waals surface area contributed by atoms with Crippen LogP contribution in [0.2, 0.25) is 0 Å². The van der Waals surface area contributed by atoms with E-state index in [1.54, 1.807) is 0 Å². The van der Waals surface area contributed by atoms with Gasteiger partial charge in [0.05, 0.1) is 19.7 Å². The lowest BCUT2D eigenvalue weighted by Crippen LogP contribution is -2.52. The van der Waals surface area contributed by atoms with Crippen LogP contribution >= 0.6 is 12.2 Å². The molecule has 0 aromatic heterocycles. The SMILES string of the molecule is CCN1CCN(CC(=O)O)CCN(CCOO)CCN(CC(=O)O)C(Cc2ccc(NC(=S)NCCCCCC(=O)CCCCCCC(=O)NCCCC[C@H](NC(=O)N[C@@H](CCC(=O)O)C(=O)O)C(=O)O)cc2)C1. The van der Waals surface area contributed by atoms with Gasteiger partial charge in [-0.25, -0.2) is 19.3 Å². The molecule has 1 aromatic carbocycles. The van der Waals surface area contributed by atoms with Gasteiger partial charge in [-0.2, -0.15) is 0 Å². The number of urea groups is 1. The summed E-state index contributed by atoms with van der Waals surface area (Å²) in [5, 5.41) is 69.8. The maximum atomic E-state index is 12.5. The predicted molar refractivity (Wildman–Crippen MR) is 278 cm³/mol. The molecule has 0 radical (unpaired) electrons. The largest absolute Gasteiger partial charge is 0.481 e. The number of likely N-dealkylation sites (N-methyl/N-ethyl adjacent to an activating group) is 1. The number of aliphatic carboxylic acids is 5. The van der Waals surface area contributed by atoms with Crippen LogP contribution in [0.25, 0.3) is 0 Å². The van der Waals surface area contributed by atoms with Gasteiger partial charge in [-0.1, -0.05) is 38.3 Å². The quantitative estimate of drug-likeness (QED) is 0.0199. The van der Waals surface area contributed by atoms with Crippen molar-refractivity contribution in [3.8, 4) is 0 Å². The average molecular weight is 1070 g/mol. The summed E-state index contributed by atoms with van der Waals surface area (Å²) in [6.07, 6.45) is 7.37. The second-order valence-corrected chi connectivity index (χ2v) is 18.9. The first-order valence-electron chi connectivity index (χ1n) is 25.7. The van der Waals surface area contributed by atoms with E-state index in [2.05, 4.69) is 36.4 Å². The van der Waals surface area contributed by atoms with Gasteiger partial charge in [0, 0.05) is 103 Å². The molecule has 3 atom stereocenters. The van der Waals surface area contributed by atoms with Crippen LogP contribution in [-0.2, 0) is 44.9 Å². The van der Waals surface area contributed by atoms with Crippen molar-refractivity contribution >= 4 is 70.6 Å². The van der Waals surface area contributed by atoms with Crippen LogP contribution in [0.15, 0.2) is 24.3 Å². The number of nitrogens with one attached hydrogen (secondary N) is 5. The molecule has 24 nitrogen and oxygen atoms in total. The fourth-order valence-corrected chi connectivity index (χ4v) is 8.59. The lowest BCUT2D eigenvalue weighted by molar-refractivity contribution is -0.244. The van der Waals surface area contributed by atoms with Gasteiger partial charge in [-0.15, -0.1) is 0 Å². The predicted octanol–water partition coefficient (Wildman–Crippen LogP) is 2.61. The lowest BCUT2D eigenvalue weighted by Gasteiger charge is -2.38. The third-order valence-corrected chi connectivity index (χ3v) is 12.8. The zero-order chi connectivity index (χ0) is 54.7. The van der Waals surface area contributed by atoms with E-state index >= 15 is 0 Å². The normalized spacial score (nSPS) is 16.1. The second kappa shape index (κ2) is 38.1. The number of benzene rings is 1. The topological polar surface area (TPSA) is 340 Å². The maximum absolute atomic E-state index is 12.5. The van der Waals surface area contributed by atoms with Crippen molar-refractivity contribution in [3.05, 3.63) is 29.8 Å². The molecule has 3 amide bonds. The molecular formula is C49H81N9O15S. The van der Waals surface area contributed by atoms with E-state index < -0.39 is 54.4 Å². The molecule has 1 aromatic rings. The first-order valence-corrected chi connectivity index (χ1v) is 26.1. The molecule has 1 heterocycles. The number of thiocarbonyl (C=S) groups is 1. The Morgan fingerprint density at radius 2 is 1.19 bits per heavy atom. The van der Waals surface area contributed by atoms with E-state index in [0.717, 1.165) is 49.8 Å². The Morgan fingerprint density at radius 3 is 1.78 bits per heavy atom. The minimum atomic E-state index is -1.49. The molecule has 1 saturated heterocycles. The Morgan fingerprint density at radius 1 is 0.635 bits per heavy atom. The van der Waals surface area contributed by atoms with E-state index in [1.165, 1.54) is 0 Å². The van der Waals surface area contributed by atoms with Crippen LogP contribution in [0.4, 0.5) is 10.5 Å². The number of ketones is 1. The molecule has 0 aliphatic carbocycles. The van der Waals surface area contributed by atoms with Crippen molar-refractivity contribution in [1.82, 2.24) is 40.9 Å². The van der Waals surface area contributed by atoms with Gasteiger partial charge in [0.2, 0.25) is 5.91 Å². The van der Waals surface area contributed by atoms with Crippen LogP contribution in [0.3, 0.4) is 0 Å². The van der Waals surface area contributed by atoms with E-state index in [1.807, 2.05) is 45.9 Å². The standard InChI is InChI=1S/C49H81N9O15S/c1-2-55-24-26-57(34-44(63)64)27-25-56(30-31-73-72)28-29-58(35-45(65)66)38(33-55)32-36-16-18-37(19-17-36)52-49(74)51-23-10-5-7-13-39(59)12-6-3-4-8-15-42(60)50-22-11-9-14-40(46(67)68)53-48(71)54-41(47(69)70)20-21-43(61)62/h16-19,38,40-41,72H,2-15,20-35H2,1H3,(H,50,60)(H,61,62)(H,63,64)(H,65,66)(H,67,68)(H,69,70)(H2,51,52,74)(H2,53,54,71)/t38?,40-,41-/m0/s1. The Kier molecular flexibility index (Phi) is 33.2. The summed E-state index contributed by atoms with van der Waals surface area (Å²) in [5.41, 5.74) is 1.81. The highest BCUT2D eigenvalue weighted by molar-refractivity contribution is 7.80. The molecule has 1 aliphatic rings. The minimum Gasteiger partial charge on any atom is -0.481 e. The molecule has 418 valence electrons. The molecule has 0 bridgehead atoms. The number of carbonyl (C=O) groups is 8. The highest BCUT2D eigenvalue weighted by Crippen LogP contribution is 2.17. The van der Waals surface area contributed by atoms with Crippen molar-refractivity contribution in [2.45, 2.75) is 128 Å². The lowest BCUT2D eigenvalue weighted by atomic mass is 10.0. The van der Waals surface area contributed by atoms with Crippen LogP contribution in [0.1, 0.15) is 109 Å². The zero-order valence-corrected chi connectivity index (χ0v) is 43.6. The van der Waals surface area contributed by atoms with Crippen LogP contribution in [-0.4, -0.2) is 213 Å². The fraction of sp³-hybridized carbons (Fsp3) is 0.694. The Bertz CT molecular complexity index is 1900. The zero-order valence-electron chi connectivity index (χ0n) is 42.8. The van der Waals surface area contributed by atoms with E-state index in [4.69, 9.17) is 22.6 Å². The third-order valence-electron chi connectivity index (χ3n) is 12.6. The van der Waals surface area contributed by atoms with Crippen molar-refractivity contribution < 1.29 is 74.0 Å². The van der Waals surface area contributed by atoms with Crippen molar-refractivity contribution in [2.24, 2.45) is 0 Å². The number of hydrogen-bond donors (Lipinski definition) is 11. The number of carboxylic acid groups (broad SMARTS) is 5. The number of carbonyl (C=O) groups excluding carboxylic acids is 3. The average Bonchev–Trinajstić information content (AvgIpc) is 3.34. The molecule has 74 heavy (non-hydrogen) atoms. The summed E-state index contributed by atoms with van der Waals surface area (Å²) in [6.45, 7) is 7.69. The third kappa shape index (κ3) is 30.6. The number of carboxylic acids is 5. The molecule has 1 unspecified atom stereocenters. The Balaban J connectivity index is 1.65. The Labute approximate surface area is 438 Å². The fourth-order valence-electron chi connectivity index (χ4n) is 8.37. The van der Waals surface area contributed by atoms with Crippen molar-refractivity contribution in [2.75, 3.05) is 97.0 Å². The van der Waals surface area contributed by atoms with Crippen LogP contribution in [0, 0.1) is 0 Å². The number of rotatable bonds is 36. The first-order chi connectivity index (χ1) is 35.4. The summed E-state index contributed by atoms with van der Waals surface area (Å²) in [6, 6.07) is 3.86. The molecule has 25 heteroatoms. The number of unbranched alkanes of at least 4 members (excludes halogenated alkanes) is 6. The van der Waals surface area contributed by atoms with Gasteiger partial charge in [0.25, 0.3) is 0 Å². The highest BCUT2D eigenvalue weighted by Gasteiger charge is 2.27. The van der Waals surface area contributed by atoms with E-state index in [-0.39, 0.29) is 50.3 Å². The Hall–Kier alpha value is -5.57. The van der Waals surface area contributed by atoms with Gasteiger partial charge in [-0.05, 0) is 94.2 Å². The molecule has 1 fully saturated rings. The maximum Gasteiger partial charge on any atom is 0.326 e. The van der Waals surface area contributed by atoms with E-state index in [0.29, 0.717) is 122 Å². The number of nitrogens with zero attached hydrogens (tertiary/aromatic N) is 4. The van der Waals surface area contributed by atoms with Gasteiger partial charge in [0.1, 0.15) is 17.9 Å². The van der Waals surface area contributed by atoms with E-state index in [9.17, 15) is 58.8 Å². The van der Waals surface area contributed by atoms with Gasteiger partial charge in [0.15, 0.2) is 5.11 Å². The van der Waals surface area contributed by atoms with Crippen molar-refractivity contribution in [1.29, 1.82) is 0 Å². The number of anilines is 1. The summed E-state index contributed by atoms with van der Waals surface area (Å²) in [4.78, 5) is 107. The van der Waals surface area contributed by atoms with Crippen LogP contribution in [0.5, 0.6) is 0 Å². The molecule has 1 aliphatic heterocycles. The summed E-state index contributed by atoms with van der Waals surface area (Å²) in [7, 11) is 0. The molecule has 11 N–H and O–H groups in total. The smallest absolute Gasteiger partial charge is 0.326 e. The van der Waals surface area contributed by atoms with Crippen LogP contribution < -0.4 is 26.6 Å². The highest BCUT2D eigenvalue weighted by atomic mass is 32.1. The second-order valence-electron chi connectivity index (χ2n) is 18.5. The number of Topliss-reactive ketones (excluding diaryl/α,β-unsaturated/α-hetero) is 1. The number of amides is 3. The molecule has 0 spiro atoms. The monoisotopic (exact) mass is 1070 g/mol. The van der Waals surface area contributed by atoms with Gasteiger partial charge < -0.3 is 57.0 Å². The first kappa shape index (κ1) is 64.5. The van der Waals surface area contributed by atoms with Gasteiger partial charge in [-0.3, -0.25) is 43.9 Å². The minimum absolute atomic E-state index is 0.0322.